The third-order valence-corrected chi connectivity index (χ3v) is 5.32. The lowest BCUT2D eigenvalue weighted by Gasteiger charge is -2.26. The van der Waals surface area contributed by atoms with Gasteiger partial charge in [0.25, 0.3) is 0 Å². The van der Waals surface area contributed by atoms with E-state index in [4.69, 9.17) is 5.73 Å². The van der Waals surface area contributed by atoms with Gasteiger partial charge in [-0.3, -0.25) is 0 Å². The van der Waals surface area contributed by atoms with Crippen LogP contribution >= 0.6 is 0 Å². The van der Waals surface area contributed by atoms with Crippen LogP contribution in [-0.2, 0) is 10.0 Å². The fraction of sp³-hybridized carbons (Fsp3) is 0.538. The molecule has 0 spiro atoms. The molecule has 1 fully saturated rings. The Morgan fingerprint density at radius 3 is 2.53 bits per heavy atom. The van der Waals surface area contributed by atoms with Gasteiger partial charge in [0, 0.05) is 12.6 Å². The zero-order valence-corrected chi connectivity index (χ0v) is 12.0. The number of nitrogens with two attached hydrogens (primary N) is 1. The van der Waals surface area contributed by atoms with Gasteiger partial charge in [0.1, 0.15) is 5.82 Å². The molecule has 1 aromatic rings. The standard InChI is InChI=1S/C13H19FN2O2S/c1-9(2)16(8-10-3-4-10)19(17,18)11-5-6-12(14)13(15)7-11/h5-7,9-10H,3-4,8,15H2,1-2H3. The summed E-state index contributed by atoms with van der Waals surface area (Å²) < 4.78 is 39.7. The number of halogens is 1. The van der Waals surface area contributed by atoms with Crippen LogP contribution in [0.5, 0.6) is 0 Å². The van der Waals surface area contributed by atoms with Crippen molar-refractivity contribution in [2.45, 2.75) is 37.6 Å². The zero-order chi connectivity index (χ0) is 14.2. The molecule has 0 bridgehead atoms. The van der Waals surface area contributed by atoms with E-state index in [2.05, 4.69) is 0 Å². The van der Waals surface area contributed by atoms with Crippen LogP contribution in [0.1, 0.15) is 26.7 Å². The van der Waals surface area contributed by atoms with E-state index in [1.54, 1.807) is 0 Å². The van der Waals surface area contributed by atoms with Crippen molar-refractivity contribution >= 4 is 15.7 Å². The monoisotopic (exact) mass is 286 g/mol. The number of rotatable bonds is 5. The topological polar surface area (TPSA) is 63.4 Å². The van der Waals surface area contributed by atoms with E-state index in [1.165, 1.54) is 16.4 Å². The summed E-state index contributed by atoms with van der Waals surface area (Å²) in [5.41, 5.74) is 5.31. The molecule has 1 aromatic carbocycles. The average molecular weight is 286 g/mol. The van der Waals surface area contributed by atoms with Crippen LogP contribution in [0.4, 0.5) is 10.1 Å². The molecule has 6 heteroatoms. The maximum Gasteiger partial charge on any atom is 0.243 e. The van der Waals surface area contributed by atoms with Crippen LogP contribution in [0.3, 0.4) is 0 Å². The maximum atomic E-state index is 13.1. The van der Waals surface area contributed by atoms with Crippen LogP contribution < -0.4 is 5.73 Å². The van der Waals surface area contributed by atoms with Gasteiger partial charge in [-0.1, -0.05) is 0 Å². The molecule has 1 aliphatic rings. The van der Waals surface area contributed by atoms with Crippen LogP contribution in [0.15, 0.2) is 23.1 Å². The van der Waals surface area contributed by atoms with Crippen molar-refractivity contribution in [3.63, 3.8) is 0 Å². The van der Waals surface area contributed by atoms with Gasteiger partial charge in [0.05, 0.1) is 10.6 Å². The van der Waals surface area contributed by atoms with Gasteiger partial charge in [-0.2, -0.15) is 4.31 Å². The minimum absolute atomic E-state index is 0.0563. The van der Waals surface area contributed by atoms with E-state index in [-0.39, 0.29) is 16.6 Å². The highest BCUT2D eigenvalue weighted by Gasteiger charge is 2.33. The first-order valence-electron chi connectivity index (χ1n) is 6.39. The minimum Gasteiger partial charge on any atom is -0.396 e. The molecule has 1 aliphatic carbocycles. The zero-order valence-electron chi connectivity index (χ0n) is 11.1. The first-order valence-corrected chi connectivity index (χ1v) is 7.83. The first kappa shape index (κ1) is 14.3. The molecule has 0 aromatic heterocycles. The van der Waals surface area contributed by atoms with Gasteiger partial charge in [-0.05, 0) is 50.8 Å². The van der Waals surface area contributed by atoms with E-state index in [1.807, 2.05) is 13.8 Å². The highest BCUT2D eigenvalue weighted by Crippen LogP contribution is 2.32. The highest BCUT2D eigenvalue weighted by atomic mass is 32.2. The van der Waals surface area contributed by atoms with Crippen molar-refractivity contribution in [3.8, 4) is 0 Å². The smallest absolute Gasteiger partial charge is 0.243 e. The second-order valence-electron chi connectivity index (χ2n) is 5.30. The molecule has 0 radical (unpaired) electrons. The van der Waals surface area contributed by atoms with Gasteiger partial charge in [-0.15, -0.1) is 0 Å². The van der Waals surface area contributed by atoms with E-state index >= 15 is 0 Å². The molecule has 4 nitrogen and oxygen atoms in total. The van der Waals surface area contributed by atoms with Gasteiger partial charge in [0.2, 0.25) is 10.0 Å². The number of hydrogen-bond donors (Lipinski definition) is 1. The van der Waals surface area contributed by atoms with Crippen molar-refractivity contribution in [3.05, 3.63) is 24.0 Å². The van der Waals surface area contributed by atoms with Crippen LogP contribution in [-0.4, -0.2) is 25.3 Å². The maximum absolute atomic E-state index is 13.1. The molecule has 0 atom stereocenters. The van der Waals surface area contributed by atoms with Crippen LogP contribution in [0.2, 0.25) is 0 Å². The van der Waals surface area contributed by atoms with Crippen LogP contribution in [0, 0.1) is 11.7 Å². The highest BCUT2D eigenvalue weighted by molar-refractivity contribution is 7.89. The average Bonchev–Trinajstić information content (AvgIpc) is 3.12. The van der Waals surface area contributed by atoms with Crippen molar-refractivity contribution in [1.29, 1.82) is 0 Å². The Kier molecular flexibility index (Phi) is 3.82. The second kappa shape index (κ2) is 5.09. The number of benzene rings is 1. The normalized spacial score (nSPS) is 16.3. The molecule has 0 aliphatic heterocycles. The van der Waals surface area contributed by atoms with Crippen molar-refractivity contribution < 1.29 is 12.8 Å². The number of anilines is 1. The lowest BCUT2D eigenvalue weighted by molar-refractivity contribution is 0.341. The van der Waals surface area contributed by atoms with E-state index < -0.39 is 15.8 Å². The van der Waals surface area contributed by atoms with Gasteiger partial charge in [0.15, 0.2) is 0 Å². The van der Waals surface area contributed by atoms with Crippen LogP contribution in [0.25, 0.3) is 0 Å². The summed E-state index contributed by atoms with van der Waals surface area (Å²) in [5.74, 6) is -0.146. The Bertz CT molecular complexity index is 568. The number of nitrogens with zero attached hydrogens (tertiary/aromatic N) is 1. The van der Waals surface area contributed by atoms with Crippen molar-refractivity contribution in [2.75, 3.05) is 12.3 Å². The van der Waals surface area contributed by atoms with E-state index in [9.17, 15) is 12.8 Å². The summed E-state index contributed by atoms with van der Waals surface area (Å²) in [6.07, 6.45) is 2.15. The summed E-state index contributed by atoms with van der Waals surface area (Å²) in [7, 11) is -3.61. The molecule has 1 saturated carbocycles. The Morgan fingerprint density at radius 2 is 2.05 bits per heavy atom. The third-order valence-electron chi connectivity index (χ3n) is 3.29. The lowest BCUT2D eigenvalue weighted by Crippen LogP contribution is -2.38. The molecule has 0 unspecified atom stereocenters. The molecule has 2 rings (SSSR count). The summed E-state index contributed by atoms with van der Waals surface area (Å²) >= 11 is 0. The minimum atomic E-state index is -3.61. The number of sulfonamides is 1. The lowest BCUT2D eigenvalue weighted by atomic mass is 10.3. The van der Waals surface area contributed by atoms with Crippen molar-refractivity contribution in [2.24, 2.45) is 5.92 Å². The third kappa shape index (κ3) is 3.06. The Labute approximate surface area is 113 Å². The SMILES string of the molecule is CC(C)N(CC1CC1)S(=O)(=O)c1ccc(F)c(N)c1. The summed E-state index contributed by atoms with van der Waals surface area (Å²) in [6, 6.07) is 3.42. The molecule has 0 heterocycles. The Hall–Kier alpha value is -1.14. The fourth-order valence-electron chi connectivity index (χ4n) is 1.96. The van der Waals surface area contributed by atoms with Gasteiger partial charge < -0.3 is 5.73 Å². The first-order chi connectivity index (χ1) is 8.82. The van der Waals surface area contributed by atoms with E-state index in [0.29, 0.717) is 12.5 Å². The second-order valence-corrected chi connectivity index (χ2v) is 7.19. The Balaban J connectivity index is 2.34. The molecular formula is C13H19FN2O2S. The summed E-state index contributed by atoms with van der Waals surface area (Å²) in [4.78, 5) is 0.0563. The fourth-order valence-corrected chi connectivity index (χ4v) is 3.71. The van der Waals surface area contributed by atoms with Gasteiger partial charge in [-0.25, -0.2) is 12.8 Å². The molecule has 106 valence electrons. The predicted molar refractivity (Wildman–Crippen MR) is 72.6 cm³/mol. The van der Waals surface area contributed by atoms with Gasteiger partial charge >= 0.3 is 0 Å². The quantitative estimate of drug-likeness (QED) is 0.844. The number of hydrogen-bond acceptors (Lipinski definition) is 3. The largest absolute Gasteiger partial charge is 0.396 e. The molecule has 19 heavy (non-hydrogen) atoms. The molecule has 0 amide bonds. The Morgan fingerprint density at radius 1 is 1.42 bits per heavy atom. The predicted octanol–water partition coefficient (Wildman–Crippen LogP) is 2.22. The molecule has 2 N–H and O–H groups in total. The summed E-state index contributed by atoms with van der Waals surface area (Å²) in [5, 5.41) is 0. The van der Waals surface area contributed by atoms with E-state index in [0.717, 1.165) is 18.9 Å². The molecular weight excluding hydrogens is 267 g/mol. The summed E-state index contributed by atoms with van der Waals surface area (Å²) in [6.45, 7) is 4.21. The number of nitrogen functional groups attached to an aromatic ring is 1. The molecule has 0 saturated heterocycles. The van der Waals surface area contributed by atoms with Crippen molar-refractivity contribution in [1.82, 2.24) is 4.31 Å².